The molecule has 2 fully saturated rings. The first-order valence-corrected chi connectivity index (χ1v) is 9.99. The zero-order valence-electron chi connectivity index (χ0n) is 14.5. The monoisotopic (exact) mass is 462 g/mol. The van der Waals surface area contributed by atoms with Gasteiger partial charge in [-0.3, -0.25) is 9.89 Å². The van der Waals surface area contributed by atoms with E-state index in [0.29, 0.717) is 5.92 Å². The maximum atomic E-state index is 6.22. The van der Waals surface area contributed by atoms with E-state index in [4.69, 9.17) is 10.7 Å². The van der Waals surface area contributed by atoms with E-state index < -0.39 is 0 Å². The first-order chi connectivity index (χ1) is 11.3. The molecule has 24 heavy (non-hydrogen) atoms. The molecular formula is C18H31IN4S. The second-order valence-corrected chi connectivity index (χ2v) is 7.93. The summed E-state index contributed by atoms with van der Waals surface area (Å²) in [7, 11) is 0. The van der Waals surface area contributed by atoms with Crippen molar-refractivity contribution in [2.24, 2.45) is 16.6 Å². The molecule has 6 heteroatoms. The molecule has 3 heterocycles. The van der Waals surface area contributed by atoms with Gasteiger partial charge in [0.25, 0.3) is 0 Å². The smallest absolute Gasteiger partial charge is 0.191 e. The highest BCUT2D eigenvalue weighted by atomic mass is 127. The van der Waals surface area contributed by atoms with Crippen LogP contribution in [0.5, 0.6) is 0 Å². The molecule has 136 valence electrons. The first-order valence-electron chi connectivity index (χ1n) is 9.11. The molecule has 0 bridgehead atoms. The first kappa shape index (κ1) is 20.0. The quantitative estimate of drug-likeness (QED) is 0.421. The Balaban J connectivity index is 0.00000208. The van der Waals surface area contributed by atoms with Crippen molar-refractivity contribution in [1.82, 2.24) is 9.80 Å². The van der Waals surface area contributed by atoms with Crippen LogP contribution in [0.15, 0.2) is 22.5 Å². The topological polar surface area (TPSA) is 44.9 Å². The number of rotatable bonds is 4. The van der Waals surface area contributed by atoms with Crippen molar-refractivity contribution < 1.29 is 0 Å². The summed E-state index contributed by atoms with van der Waals surface area (Å²) in [4.78, 5) is 11.1. The van der Waals surface area contributed by atoms with Gasteiger partial charge in [0, 0.05) is 31.1 Å². The summed E-state index contributed by atoms with van der Waals surface area (Å²) in [6, 6.07) is 4.38. The molecule has 0 radical (unpaired) electrons. The van der Waals surface area contributed by atoms with Gasteiger partial charge in [0.2, 0.25) is 0 Å². The summed E-state index contributed by atoms with van der Waals surface area (Å²) in [5, 5.41) is 2.17. The molecule has 1 aromatic heterocycles. The molecule has 0 atom stereocenters. The fourth-order valence-corrected chi connectivity index (χ4v) is 4.32. The molecule has 3 rings (SSSR count). The molecular weight excluding hydrogens is 431 g/mol. The van der Waals surface area contributed by atoms with E-state index in [2.05, 4.69) is 27.3 Å². The molecule has 0 amide bonds. The largest absolute Gasteiger partial charge is 0.370 e. The Bertz CT molecular complexity index is 475. The average molecular weight is 462 g/mol. The van der Waals surface area contributed by atoms with Crippen molar-refractivity contribution in [3.05, 3.63) is 22.4 Å². The van der Waals surface area contributed by atoms with Gasteiger partial charge < -0.3 is 10.6 Å². The van der Waals surface area contributed by atoms with Crippen LogP contribution < -0.4 is 5.73 Å². The van der Waals surface area contributed by atoms with Crippen LogP contribution in [0.1, 0.15) is 43.4 Å². The van der Waals surface area contributed by atoms with E-state index in [1.165, 1.54) is 56.5 Å². The third kappa shape index (κ3) is 6.19. The van der Waals surface area contributed by atoms with Crippen LogP contribution in [0.4, 0.5) is 0 Å². The van der Waals surface area contributed by atoms with Crippen LogP contribution >= 0.6 is 35.3 Å². The van der Waals surface area contributed by atoms with Crippen molar-refractivity contribution >= 4 is 41.3 Å². The van der Waals surface area contributed by atoms with Crippen LogP contribution in [0.25, 0.3) is 0 Å². The molecule has 0 aromatic carbocycles. The molecule has 1 aromatic rings. The molecule has 0 saturated carbocycles. The van der Waals surface area contributed by atoms with Gasteiger partial charge in [-0.05, 0) is 56.1 Å². The van der Waals surface area contributed by atoms with E-state index in [-0.39, 0.29) is 24.0 Å². The van der Waals surface area contributed by atoms with Crippen LogP contribution in [-0.2, 0) is 6.54 Å². The number of hydrogen-bond donors (Lipinski definition) is 1. The molecule has 2 aliphatic rings. The lowest BCUT2D eigenvalue weighted by atomic mass is 9.97. The van der Waals surface area contributed by atoms with Gasteiger partial charge >= 0.3 is 0 Å². The number of piperidine rings is 1. The lowest BCUT2D eigenvalue weighted by Crippen LogP contribution is -2.39. The second kappa shape index (κ2) is 10.6. The summed E-state index contributed by atoms with van der Waals surface area (Å²) in [6.45, 7) is 6.60. The van der Waals surface area contributed by atoms with Gasteiger partial charge in [0.05, 0.1) is 0 Å². The highest BCUT2D eigenvalue weighted by molar-refractivity contribution is 14.0. The van der Waals surface area contributed by atoms with Crippen molar-refractivity contribution in [2.45, 2.75) is 45.1 Å². The third-order valence-corrected chi connectivity index (χ3v) is 5.97. The number of guanidine groups is 1. The van der Waals surface area contributed by atoms with Gasteiger partial charge in [-0.1, -0.05) is 18.9 Å². The maximum Gasteiger partial charge on any atom is 0.191 e. The van der Waals surface area contributed by atoms with Gasteiger partial charge in [0.1, 0.15) is 0 Å². The standard InChI is InChI=1S/C18H30N4S.HI/c19-18(22-9-3-1-2-4-10-22)20-14-16-7-11-21(12-8-16)15-17-6-5-13-23-17;/h5-6,13,16H,1-4,7-12,14-15H2,(H2,19,20);1H. The van der Waals surface area contributed by atoms with Crippen molar-refractivity contribution in [3.8, 4) is 0 Å². The third-order valence-electron chi connectivity index (χ3n) is 5.11. The maximum absolute atomic E-state index is 6.22. The summed E-state index contributed by atoms with van der Waals surface area (Å²) in [5.41, 5.74) is 6.22. The van der Waals surface area contributed by atoms with Gasteiger partial charge in [-0.15, -0.1) is 35.3 Å². The fraction of sp³-hybridized carbons (Fsp3) is 0.722. The molecule has 2 aliphatic heterocycles. The van der Waals surface area contributed by atoms with Crippen molar-refractivity contribution in [3.63, 3.8) is 0 Å². The summed E-state index contributed by atoms with van der Waals surface area (Å²) in [6.07, 6.45) is 7.71. The fourth-order valence-electron chi connectivity index (χ4n) is 3.57. The van der Waals surface area contributed by atoms with Gasteiger partial charge in [-0.25, -0.2) is 0 Å². The molecule has 4 nitrogen and oxygen atoms in total. The minimum Gasteiger partial charge on any atom is -0.370 e. The van der Waals surface area contributed by atoms with Crippen LogP contribution in [0.3, 0.4) is 0 Å². The molecule has 0 spiro atoms. The van der Waals surface area contributed by atoms with Crippen LogP contribution in [-0.4, -0.2) is 48.5 Å². The minimum atomic E-state index is 0. The number of likely N-dealkylation sites (tertiary alicyclic amines) is 2. The van der Waals surface area contributed by atoms with Crippen LogP contribution in [0.2, 0.25) is 0 Å². The van der Waals surface area contributed by atoms with E-state index in [0.717, 1.165) is 32.1 Å². The number of halogens is 1. The predicted molar refractivity (Wildman–Crippen MR) is 114 cm³/mol. The molecule has 0 aliphatic carbocycles. The molecule has 2 N–H and O–H groups in total. The summed E-state index contributed by atoms with van der Waals surface area (Å²) in [5.74, 6) is 1.49. The summed E-state index contributed by atoms with van der Waals surface area (Å²) >= 11 is 1.86. The Morgan fingerprint density at radius 2 is 1.83 bits per heavy atom. The number of hydrogen-bond acceptors (Lipinski definition) is 3. The van der Waals surface area contributed by atoms with E-state index in [1.807, 2.05) is 11.3 Å². The van der Waals surface area contributed by atoms with Gasteiger partial charge in [0.15, 0.2) is 5.96 Å². The zero-order chi connectivity index (χ0) is 15.9. The predicted octanol–water partition coefficient (Wildman–Crippen LogP) is 3.77. The second-order valence-electron chi connectivity index (χ2n) is 6.90. The number of nitrogens with two attached hydrogens (primary N) is 1. The SMILES string of the molecule is I.NC(=NCC1CCN(Cc2cccs2)CC1)N1CCCCCC1. The van der Waals surface area contributed by atoms with E-state index in [1.54, 1.807) is 0 Å². The average Bonchev–Trinajstić information content (AvgIpc) is 2.93. The Morgan fingerprint density at radius 1 is 1.12 bits per heavy atom. The number of thiophene rings is 1. The number of nitrogens with zero attached hydrogens (tertiary/aromatic N) is 3. The Kier molecular flexibility index (Phi) is 8.83. The number of aliphatic imine (C=N–C) groups is 1. The van der Waals surface area contributed by atoms with Crippen molar-refractivity contribution in [2.75, 3.05) is 32.7 Å². The zero-order valence-corrected chi connectivity index (χ0v) is 17.7. The molecule has 2 saturated heterocycles. The molecule has 0 unspecified atom stereocenters. The van der Waals surface area contributed by atoms with Crippen LogP contribution in [0, 0.1) is 5.92 Å². The lowest BCUT2D eigenvalue weighted by molar-refractivity contribution is 0.182. The Morgan fingerprint density at radius 3 is 2.46 bits per heavy atom. The lowest BCUT2D eigenvalue weighted by Gasteiger charge is -2.31. The highest BCUT2D eigenvalue weighted by Crippen LogP contribution is 2.21. The normalized spacial score (nSPS) is 21.3. The highest BCUT2D eigenvalue weighted by Gasteiger charge is 2.20. The van der Waals surface area contributed by atoms with Gasteiger partial charge in [-0.2, -0.15) is 0 Å². The van der Waals surface area contributed by atoms with E-state index in [9.17, 15) is 0 Å². The summed E-state index contributed by atoms with van der Waals surface area (Å²) < 4.78 is 0. The Labute approximate surface area is 167 Å². The Hall–Kier alpha value is -0.340. The van der Waals surface area contributed by atoms with Crippen molar-refractivity contribution in [1.29, 1.82) is 0 Å². The minimum absolute atomic E-state index is 0. The van der Waals surface area contributed by atoms with E-state index >= 15 is 0 Å².